The van der Waals surface area contributed by atoms with Gasteiger partial charge in [-0.3, -0.25) is 0 Å². The van der Waals surface area contributed by atoms with Crippen molar-refractivity contribution >= 4 is 8.80 Å². The molecule has 0 N–H and O–H groups in total. The fourth-order valence-corrected chi connectivity index (χ4v) is 4.71. The highest BCUT2D eigenvalue weighted by Gasteiger charge is 2.46. The Morgan fingerprint density at radius 2 is 1.41 bits per heavy atom. The smallest absolute Gasteiger partial charge is 0.374 e. The molecule has 0 aromatic rings. The normalized spacial score (nSPS) is 13.7. The Kier molecular flexibility index (Phi) is 8.77. The van der Waals surface area contributed by atoms with E-state index >= 15 is 0 Å². The van der Waals surface area contributed by atoms with E-state index in [9.17, 15) is 0 Å². The summed E-state index contributed by atoms with van der Waals surface area (Å²) in [6.07, 6.45) is 1.92. The van der Waals surface area contributed by atoms with Crippen LogP contribution in [0.2, 0.25) is 5.54 Å². The summed E-state index contributed by atoms with van der Waals surface area (Å²) in [5.74, 6) is 0. The van der Waals surface area contributed by atoms with Crippen molar-refractivity contribution in [2.45, 2.75) is 53.0 Å². The predicted molar refractivity (Wildman–Crippen MR) is 74.1 cm³/mol. The molecule has 0 radical (unpaired) electrons. The molecular formula is C13H28O3Si. The summed E-state index contributed by atoms with van der Waals surface area (Å²) in [5.41, 5.74) is 1.50. The zero-order valence-electron chi connectivity index (χ0n) is 12.0. The van der Waals surface area contributed by atoms with E-state index in [2.05, 4.69) is 20.4 Å². The molecule has 0 fully saturated rings. The van der Waals surface area contributed by atoms with Gasteiger partial charge in [0.1, 0.15) is 0 Å². The van der Waals surface area contributed by atoms with Gasteiger partial charge in [-0.15, -0.1) is 0 Å². The van der Waals surface area contributed by atoms with Crippen molar-refractivity contribution in [3.63, 3.8) is 0 Å². The molecule has 0 rings (SSSR count). The van der Waals surface area contributed by atoms with E-state index in [1.807, 2.05) is 20.8 Å². The van der Waals surface area contributed by atoms with E-state index in [0.29, 0.717) is 19.8 Å². The molecule has 0 aromatic carbocycles. The summed E-state index contributed by atoms with van der Waals surface area (Å²) in [5, 5.41) is 0. The van der Waals surface area contributed by atoms with E-state index in [1.54, 1.807) is 0 Å². The standard InChI is InChI=1S/C13H28O3Si/c1-7-12(5)11-13(6)17(14-8-2,15-9-3)16-10-4/h13H,5,7-11H2,1-4,6H3. The van der Waals surface area contributed by atoms with E-state index < -0.39 is 8.80 Å². The number of hydrogen-bond acceptors (Lipinski definition) is 3. The summed E-state index contributed by atoms with van der Waals surface area (Å²) >= 11 is 0. The molecule has 1 atom stereocenters. The minimum absolute atomic E-state index is 0.273. The third-order valence-electron chi connectivity index (χ3n) is 2.73. The van der Waals surface area contributed by atoms with E-state index in [4.69, 9.17) is 13.3 Å². The van der Waals surface area contributed by atoms with Gasteiger partial charge in [0, 0.05) is 25.4 Å². The van der Waals surface area contributed by atoms with Crippen molar-refractivity contribution in [2.75, 3.05) is 19.8 Å². The Hall–Kier alpha value is -0.163. The molecule has 0 aliphatic carbocycles. The highest BCUT2D eigenvalue weighted by atomic mass is 28.4. The minimum atomic E-state index is -2.54. The van der Waals surface area contributed by atoms with Gasteiger partial charge in [0.15, 0.2) is 0 Å². The van der Waals surface area contributed by atoms with E-state index in [-0.39, 0.29) is 5.54 Å². The van der Waals surface area contributed by atoms with Crippen molar-refractivity contribution in [2.24, 2.45) is 0 Å². The molecule has 102 valence electrons. The van der Waals surface area contributed by atoms with Gasteiger partial charge < -0.3 is 13.3 Å². The average molecular weight is 260 g/mol. The lowest BCUT2D eigenvalue weighted by Crippen LogP contribution is -2.49. The second-order valence-electron chi connectivity index (χ2n) is 4.11. The molecule has 0 aliphatic rings. The van der Waals surface area contributed by atoms with Crippen molar-refractivity contribution in [3.05, 3.63) is 12.2 Å². The second kappa shape index (κ2) is 8.86. The monoisotopic (exact) mass is 260 g/mol. The van der Waals surface area contributed by atoms with Crippen LogP contribution in [0, 0.1) is 0 Å². The SMILES string of the molecule is C=C(CC)CC(C)[Si](OCC)(OCC)OCC. The predicted octanol–water partition coefficient (Wildman–Crippen LogP) is 3.78. The molecule has 0 bridgehead atoms. The van der Waals surface area contributed by atoms with Gasteiger partial charge >= 0.3 is 8.80 Å². The molecule has 0 amide bonds. The summed E-state index contributed by atoms with van der Waals surface area (Å²) in [6, 6.07) is 0. The van der Waals surface area contributed by atoms with Crippen molar-refractivity contribution in [1.82, 2.24) is 0 Å². The first-order valence-corrected chi connectivity index (χ1v) is 8.44. The molecule has 0 aliphatic heterocycles. The Bertz CT molecular complexity index is 202. The Labute approximate surface area is 108 Å². The van der Waals surface area contributed by atoms with Crippen LogP contribution in [0.4, 0.5) is 0 Å². The second-order valence-corrected chi connectivity index (χ2v) is 7.17. The first-order chi connectivity index (χ1) is 8.06. The van der Waals surface area contributed by atoms with Crippen LogP contribution in [0.25, 0.3) is 0 Å². The topological polar surface area (TPSA) is 27.7 Å². The number of hydrogen-bond donors (Lipinski definition) is 0. The maximum Gasteiger partial charge on any atom is 0.504 e. The zero-order valence-corrected chi connectivity index (χ0v) is 13.0. The molecule has 0 saturated carbocycles. The Balaban J connectivity index is 4.76. The number of rotatable bonds is 10. The third-order valence-corrected chi connectivity index (χ3v) is 6.22. The van der Waals surface area contributed by atoms with Gasteiger partial charge in [-0.1, -0.05) is 26.0 Å². The van der Waals surface area contributed by atoms with E-state index in [1.165, 1.54) is 5.57 Å². The average Bonchev–Trinajstić information content (AvgIpc) is 2.29. The van der Waals surface area contributed by atoms with Gasteiger partial charge in [0.25, 0.3) is 0 Å². The van der Waals surface area contributed by atoms with Crippen molar-refractivity contribution in [1.29, 1.82) is 0 Å². The number of allylic oxidation sites excluding steroid dienone is 1. The fraction of sp³-hybridized carbons (Fsp3) is 0.846. The molecule has 0 saturated heterocycles. The maximum atomic E-state index is 5.87. The lowest BCUT2D eigenvalue weighted by molar-refractivity contribution is 0.0623. The molecule has 3 nitrogen and oxygen atoms in total. The van der Waals surface area contributed by atoms with E-state index in [0.717, 1.165) is 12.8 Å². The van der Waals surface area contributed by atoms with Crippen molar-refractivity contribution < 1.29 is 13.3 Å². The van der Waals surface area contributed by atoms with Crippen LogP contribution in [0.3, 0.4) is 0 Å². The van der Waals surface area contributed by atoms with Crippen molar-refractivity contribution in [3.8, 4) is 0 Å². The van der Waals surface area contributed by atoms with Crippen LogP contribution in [-0.2, 0) is 13.3 Å². The molecular weight excluding hydrogens is 232 g/mol. The lowest BCUT2D eigenvalue weighted by Gasteiger charge is -2.33. The van der Waals surface area contributed by atoms with Gasteiger partial charge in [0.05, 0.1) is 0 Å². The first kappa shape index (κ1) is 16.8. The molecule has 0 spiro atoms. The van der Waals surface area contributed by atoms with Crippen LogP contribution in [-0.4, -0.2) is 28.6 Å². The largest absolute Gasteiger partial charge is 0.504 e. The fourth-order valence-electron chi connectivity index (χ4n) is 1.86. The summed E-state index contributed by atoms with van der Waals surface area (Å²) in [7, 11) is -2.54. The third kappa shape index (κ3) is 5.34. The lowest BCUT2D eigenvalue weighted by atomic mass is 10.1. The summed E-state index contributed by atoms with van der Waals surface area (Å²) < 4.78 is 17.6. The highest BCUT2D eigenvalue weighted by Crippen LogP contribution is 2.31. The van der Waals surface area contributed by atoms with Crippen LogP contribution in [0.5, 0.6) is 0 Å². The Morgan fingerprint density at radius 1 is 1.00 bits per heavy atom. The van der Waals surface area contributed by atoms with Crippen LogP contribution >= 0.6 is 0 Å². The maximum absolute atomic E-state index is 5.87. The van der Waals surface area contributed by atoms with Crippen LogP contribution < -0.4 is 0 Å². The molecule has 0 heterocycles. The minimum Gasteiger partial charge on any atom is -0.374 e. The quantitative estimate of drug-likeness (QED) is 0.442. The summed E-state index contributed by atoms with van der Waals surface area (Å²) in [4.78, 5) is 0. The first-order valence-electron chi connectivity index (χ1n) is 6.64. The van der Waals surface area contributed by atoms with Gasteiger partial charge in [-0.2, -0.15) is 0 Å². The van der Waals surface area contributed by atoms with Crippen LogP contribution in [0.15, 0.2) is 12.2 Å². The zero-order chi connectivity index (χ0) is 13.3. The molecule has 1 unspecified atom stereocenters. The summed E-state index contributed by atoms with van der Waals surface area (Å²) in [6.45, 7) is 16.2. The van der Waals surface area contributed by atoms with Crippen LogP contribution in [0.1, 0.15) is 47.5 Å². The molecule has 4 heteroatoms. The molecule has 17 heavy (non-hydrogen) atoms. The van der Waals surface area contributed by atoms with Gasteiger partial charge in [-0.25, -0.2) is 0 Å². The molecule has 0 aromatic heterocycles. The van der Waals surface area contributed by atoms with Gasteiger partial charge in [0.2, 0.25) is 0 Å². The van der Waals surface area contributed by atoms with Gasteiger partial charge in [-0.05, 0) is 33.6 Å². The highest BCUT2D eigenvalue weighted by molar-refractivity contribution is 6.62. The Morgan fingerprint density at radius 3 is 1.71 bits per heavy atom.